The van der Waals surface area contributed by atoms with Crippen LogP contribution in [-0.4, -0.2) is 56.1 Å². The van der Waals surface area contributed by atoms with E-state index in [1.54, 1.807) is 0 Å². The Bertz CT molecular complexity index is 433. The van der Waals surface area contributed by atoms with Crippen molar-refractivity contribution in [3.63, 3.8) is 0 Å². The minimum Gasteiger partial charge on any atom is -0.309 e. The third kappa shape index (κ3) is 4.52. The number of benzene rings is 1. The van der Waals surface area contributed by atoms with Crippen molar-refractivity contribution >= 4 is 15.9 Å². The summed E-state index contributed by atoms with van der Waals surface area (Å²) in [5.41, 5.74) is 0.728. The van der Waals surface area contributed by atoms with Crippen LogP contribution >= 0.6 is 15.9 Å². The molecule has 0 aromatic heterocycles. The molecule has 1 aliphatic heterocycles. The lowest BCUT2D eigenvalue weighted by atomic mass is 10.1. The third-order valence-corrected chi connectivity index (χ3v) is 4.40. The fourth-order valence-corrected chi connectivity index (χ4v) is 2.81. The first-order valence-corrected chi connectivity index (χ1v) is 7.95. The van der Waals surface area contributed by atoms with Gasteiger partial charge in [-0.15, -0.1) is 0 Å². The lowest BCUT2D eigenvalue weighted by molar-refractivity contribution is 0.154. The molecule has 0 bridgehead atoms. The molecular formula is C15H23BrFN3. The molecular weight excluding hydrogens is 321 g/mol. The van der Waals surface area contributed by atoms with E-state index in [0.29, 0.717) is 0 Å². The summed E-state index contributed by atoms with van der Waals surface area (Å²) in [6.45, 7) is 8.44. The molecule has 5 heteroatoms. The zero-order chi connectivity index (χ0) is 14.5. The molecule has 0 aliphatic carbocycles. The highest BCUT2D eigenvalue weighted by Gasteiger charge is 2.14. The average molecular weight is 344 g/mol. The van der Waals surface area contributed by atoms with Gasteiger partial charge in [0.15, 0.2) is 0 Å². The maximum absolute atomic E-state index is 13.8. The van der Waals surface area contributed by atoms with Crippen molar-refractivity contribution in [2.45, 2.75) is 13.0 Å². The molecule has 112 valence electrons. The number of rotatable bonds is 5. The van der Waals surface area contributed by atoms with Gasteiger partial charge in [-0.2, -0.15) is 0 Å². The highest BCUT2D eigenvalue weighted by molar-refractivity contribution is 9.10. The maximum atomic E-state index is 13.8. The zero-order valence-electron chi connectivity index (χ0n) is 12.2. The van der Waals surface area contributed by atoms with E-state index in [4.69, 9.17) is 0 Å². The van der Waals surface area contributed by atoms with Crippen molar-refractivity contribution in [1.82, 2.24) is 15.1 Å². The quantitative estimate of drug-likeness (QED) is 0.886. The van der Waals surface area contributed by atoms with Crippen LogP contribution in [0.15, 0.2) is 22.7 Å². The molecule has 1 heterocycles. The van der Waals surface area contributed by atoms with Gasteiger partial charge in [-0.25, -0.2) is 4.39 Å². The summed E-state index contributed by atoms with van der Waals surface area (Å²) in [6, 6.07) is 5.29. The predicted octanol–water partition coefficient (Wildman–Crippen LogP) is 2.49. The number of hydrogen-bond donors (Lipinski definition) is 1. The second-order valence-corrected chi connectivity index (χ2v) is 6.40. The Hall–Kier alpha value is -0.490. The lowest BCUT2D eigenvalue weighted by Crippen LogP contribution is -2.46. The highest BCUT2D eigenvalue weighted by Crippen LogP contribution is 2.20. The first-order valence-electron chi connectivity index (χ1n) is 7.15. The standard InChI is InChI=1S/C15H23BrFN3/c1-12(14-4-3-13(16)11-15(14)17)18-5-6-20-9-7-19(2)8-10-20/h3-4,11-12,18H,5-10H2,1-2H3. The van der Waals surface area contributed by atoms with E-state index < -0.39 is 0 Å². The fourth-order valence-electron chi connectivity index (χ4n) is 2.47. The number of halogens is 2. The van der Waals surface area contributed by atoms with Crippen molar-refractivity contribution in [2.24, 2.45) is 0 Å². The molecule has 20 heavy (non-hydrogen) atoms. The topological polar surface area (TPSA) is 18.5 Å². The van der Waals surface area contributed by atoms with Crippen LogP contribution in [-0.2, 0) is 0 Å². The number of hydrogen-bond acceptors (Lipinski definition) is 3. The molecule has 1 fully saturated rings. The molecule has 0 amide bonds. The van der Waals surface area contributed by atoms with E-state index in [9.17, 15) is 4.39 Å². The molecule has 1 aliphatic rings. The molecule has 0 radical (unpaired) electrons. The van der Waals surface area contributed by atoms with Crippen LogP contribution in [0.3, 0.4) is 0 Å². The summed E-state index contributed by atoms with van der Waals surface area (Å²) >= 11 is 3.28. The number of piperazine rings is 1. The normalized spacial score (nSPS) is 19.2. The van der Waals surface area contributed by atoms with Crippen molar-refractivity contribution in [2.75, 3.05) is 46.3 Å². The van der Waals surface area contributed by atoms with Gasteiger partial charge in [0.25, 0.3) is 0 Å². The first-order chi connectivity index (χ1) is 9.56. The van der Waals surface area contributed by atoms with Crippen LogP contribution in [0.2, 0.25) is 0 Å². The maximum Gasteiger partial charge on any atom is 0.129 e. The first kappa shape index (κ1) is 15.9. The van der Waals surface area contributed by atoms with E-state index in [0.717, 1.165) is 49.3 Å². The van der Waals surface area contributed by atoms with E-state index in [-0.39, 0.29) is 11.9 Å². The van der Waals surface area contributed by atoms with Crippen LogP contribution in [0.5, 0.6) is 0 Å². The second kappa shape index (κ2) is 7.50. The Labute approximate surface area is 129 Å². The van der Waals surface area contributed by atoms with Gasteiger partial charge in [0.05, 0.1) is 0 Å². The van der Waals surface area contributed by atoms with Gasteiger partial charge in [-0.1, -0.05) is 22.0 Å². The molecule has 0 saturated carbocycles. The van der Waals surface area contributed by atoms with Crippen molar-refractivity contribution in [3.8, 4) is 0 Å². The van der Waals surface area contributed by atoms with Crippen LogP contribution in [0.1, 0.15) is 18.5 Å². The van der Waals surface area contributed by atoms with Crippen LogP contribution in [0, 0.1) is 5.82 Å². The molecule has 1 unspecified atom stereocenters. The number of nitrogens with zero attached hydrogens (tertiary/aromatic N) is 2. The Morgan fingerprint density at radius 3 is 2.65 bits per heavy atom. The van der Waals surface area contributed by atoms with Gasteiger partial charge in [0, 0.05) is 55.3 Å². The summed E-state index contributed by atoms with van der Waals surface area (Å²) in [5, 5.41) is 3.41. The summed E-state index contributed by atoms with van der Waals surface area (Å²) in [7, 11) is 2.16. The van der Waals surface area contributed by atoms with Gasteiger partial charge in [-0.05, 0) is 26.1 Å². The smallest absolute Gasteiger partial charge is 0.129 e. The van der Waals surface area contributed by atoms with E-state index in [1.807, 2.05) is 19.1 Å². The molecule has 2 rings (SSSR count). The van der Waals surface area contributed by atoms with E-state index in [1.165, 1.54) is 6.07 Å². The second-order valence-electron chi connectivity index (χ2n) is 5.49. The van der Waals surface area contributed by atoms with Crippen molar-refractivity contribution in [1.29, 1.82) is 0 Å². The van der Waals surface area contributed by atoms with Gasteiger partial charge in [0.2, 0.25) is 0 Å². The Morgan fingerprint density at radius 2 is 2.00 bits per heavy atom. The van der Waals surface area contributed by atoms with Gasteiger partial charge in [0.1, 0.15) is 5.82 Å². The molecule has 1 N–H and O–H groups in total. The minimum atomic E-state index is -0.154. The van der Waals surface area contributed by atoms with Gasteiger partial charge >= 0.3 is 0 Å². The Kier molecular flexibility index (Phi) is 5.96. The Morgan fingerprint density at radius 1 is 1.30 bits per heavy atom. The fraction of sp³-hybridized carbons (Fsp3) is 0.600. The Balaban J connectivity index is 1.76. The van der Waals surface area contributed by atoms with Crippen LogP contribution in [0.4, 0.5) is 4.39 Å². The number of nitrogens with one attached hydrogen (secondary N) is 1. The molecule has 0 spiro atoms. The molecule has 1 atom stereocenters. The van der Waals surface area contributed by atoms with Crippen LogP contribution in [0.25, 0.3) is 0 Å². The molecule has 1 aromatic carbocycles. The number of likely N-dealkylation sites (N-methyl/N-ethyl adjacent to an activating group) is 1. The lowest BCUT2D eigenvalue weighted by Gasteiger charge is -2.32. The third-order valence-electron chi connectivity index (χ3n) is 3.90. The zero-order valence-corrected chi connectivity index (χ0v) is 13.8. The monoisotopic (exact) mass is 343 g/mol. The van der Waals surface area contributed by atoms with Gasteiger partial charge in [-0.3, -0.25) is 4.90 Å². The molecule has 1 aromatic rings. The van der Waals surface area contributed by atoms with Gasteiger partial charge < -0.3 is 10.2 Å². The van der Waals surface area contributed by atoms with E-state index >= 15 is 0 Å². The van der Waals surface area contributed by atoms with E-state index in [2.05, 4.69) is 38.1 Å². The average Bonchev–Trinajstić information content (AvgIpc) is 2.41. The highest BCUT2D eigenvalue weighted by atomic mass is 79.9. The molecule has 3 nitrogen and oxygen atoms in total. The van der Waals surface area contributed by atoms with Crippen LogP contribution < -0.4 is 5.32 Å². The summed E-state index contributed by atoms with van der Waals surface area (Å²) in [4.78, 5) is 4.81. The SMILES string of the molecule is CC(NCCN1CCN(C)CC1)c1ccc(Br)cc1F. The summed E-state index contributed by atoms with van der Waals surface area (Å²) < 4.78 is 14.6. The summed E-state index contributed by atoms with van der Waals surface area (Å²) in [5.74, 6) is -0.154. The minimum absolute atomic E-state index is 0.0376. The molecule has 1 saturated heterocycles. The predicted molar refractivity (Wildman–Crippen MR) is 84.5 cm³/mol. The summed E-state index contributed by atoms with van der Waals surface area (Å²) in [6.07, 6.45) is 0. The largest absolute Gasteiger partial charge is 0.309 e. The van der Waals surface area contributed by atoms with Crippen molar-refractivity contribution < 1.29 is 4.39 Å². The van der Waals surface area contributed by atoms with Crippen molar-refractivity contribution in [3.05, 3.63) is 34.1 Å².